The predicted octanol–water partition coefficient (Wildman–Crippen LogP) is 2.01. The van der Waals surface area contributed by atoms with Crippen molar-refractivity contribution in [2.45, 2.75) is 13.3 Å². The summed E-state index contributed by atoms with van der Waals surface area (Å²) in [6.45, 7) is 2.40. The third-order valence-corrected chi connectivity index (χ3v) is 1.77. The second kappa shape index (κ2) is 4.91. The molecule has 1 amide bonds. The molecule has 76 valence electrons. The number of rotatable bonds is 3. The highest BCUT2D eigenvalue weighted by molar-refractivity contribution is 6.29. The van der Waals surface area contributed by atoms with Crippen LogP contribution in [-0.4, -0.2) is 17.4 Å². The first kappa shape index (κ1) is 10.9. The lowest BCUT2D eigenvalue weighted by atomic mass is 10.3. The summed E-state index contributed by atoms with van der Waals surface area (Å²) in [6.07, 6.45) is 0.786. The normalized spacial score (nSPS) is 9.93. The molecule has 0 aromatic carbocycles. The summed E-state index contributed by atoms with van der Waals surface area (Å²) in [6, 6.07) is 2.42. The van der Waals surface area contributed by atoms with Crippen molar-refractivity contribution in [3.8, 4) is 0 Å². The van der Waals surface area contributed by atoms with Gasteiger partial charge in [-0.2, -0.15) is 0 Å². The lowest BCUT2D eigenvalue weighted by Gasteiger charge is -2.03. The van der Waals surface area contributed by atoms with Crippen LogP contribution >= 0.6 is 11.6 Å². The van der Waals surface area contributed by atoms with Crippen molar-refractivity contribution in [2.24, 2.45) is 0 Å². The Bertz CT molecular complexity index is 344. The SMILES string of the molecule is CCCNC(=O)c1nc(Cl)ccc1F. The van der Waals surface area contributed by atoms with Crippen molar-refractivity contribution in [1.29, 1.82) is 0 Å². The molecule has 3 nitrogen and oxygen atoms in total. The molecule has 1 aromatic heterocycles. The molecule has 0 saturated carbocycles. The zero-order chi connectivity index (χ0) is 10.6. The van der Waals surface area contributed by atoms with Crippen LogP contribution in [-0.2, 0) is 0 Å². The third-order valence-electron chi connectivity index (χ3n) is 1.56. The molecule has 0 bridgehead atoms. The van der Waals surface area contributed by atoms with Crippen LogP contribution < -0.4 is 5.32 Å². The van der Waals surface area contributed by atoms with Crippen molar-refractivity contribution < 1.29 is 9.18 Å². The monoisotopic (exact) mass is 216 g/mol. The van der Waals surface area contributed by atoms with Gasteiger partial charge in [-0.05, 0) is 18.6 Å². The maximum Gasteiger partial charge on any atom is 0.272 e. The zero-order valence-corrected chi connectivity index (χ0v) is 8.44. The van der Waals surface area contributed by atoms with Gasteiger partial charge in [-0.25, -0.2) is 9.37 Å². The van der Waals surface area contributed by atoms with Crippen molar-refractivity contribution in [1.82, 2.24) is 10.3 Å². The molecule has 0 aliphatic carbocycles. The Morgan fingerprint density at radius 2 is 2.36 bits per heavy atom. The van der Waals surface area contributed by atoms with Crippen LogP contribution in [0.25, 0.3) is 0 Å². The molecule has 14 heavy (non-hydrogen) atoms. The fourth-order valence-corrected chi connectivity index (χ4v) is 1.05. The van der Waals surface area contributed by atoms with E-state index in [9.17, 15) is 9.18 Å². The average molecular weight is 217 g/mol. The van der Waals surface area contributed by atoms with E-state index in [0.717, 1.165) is 12.5 Å². The molecule has 5 heteroatoms. The maximum absolute atomic E-state index is 13.1. The Kier molecular flexibility index (Phi) is 3.83. The highest BCUT2D eigenvalue weighted by Gasteiger charge is 2.12. The third kappa shape index (κ3) is 2.67. The number of hydrogen-bond acceptors (Lipinski definition) is 2. The summed E-state index contributed by atoms with van der Waals surface area (Å²) in [5.74, 6) is -1.20. The molecule has 0 unspecified atom stereocenters. The molecule has 0 spiro atoms. The number of nitrogens with one attached hydrogen (secondary N) is 1. The summed E-state index contributed by atoms with van der Waals surface area (Å²) in [5.41, 5.74) is -0.258. The van der Waals surface area contributed by atoms with E-state index in [1.165, 1.54) is 6.07 Å². The van der Waals surface area contributed by atoms with Crippen LogP contribution in [0, 0.1) is 5.82 Å². The Hall–Kier alpha value is -1.16. The van der Waals surface area contributed by atoms with Gasteiger partial charge >= 0.3 is 0 Å². The standard InChI is InChI=1S/C9H10ClFN2O/c1-2-5-12-9(14)8-6(11)3-4-7(10)13-8/h3-4H,2,5H2,1H3,(H,12,14). The number of amides is 1. The molecule has 1 aromatic rings. The number of hydrogen-bond donors (Lipinski definition) is 1. The summed E-state index contributed by atoms with van der Waals surface area (Å²) in [4.78, 5) is 14.9. The van der Waals surface area contributed by atoms with Gasteiger partial charge in [0.25, 0.3) is 5.91 Å². The van der Waals surface area contributed by atoms with E-state index in [-0.39, 0.29) is 10.8 Å². The van der Waals surface area contributed by atoms with Crippen LogP contribution in [0.2, 0.25) is 5.15 Å². The summed E-state index contributed by atoms with van der Waals surface area (Å²) in [7, 11) is 0. The molecule has 0 saturated heterocycles. The van der Waals surface area contributed by atoms with Gasteiger partial charge in [-0.3, -0.25) is 4.79 Å². The fourth-order valence-electron chi connectivity index (χ4n) is 0.900. The minimum Gasteiger partial charge on any atom is -0.351 e. The van der Waals surface area contributed by atoms with Crippen LogP contribution in [0.1, 0.15) is 23.8 Å². The summed E-state index contributed by atoms with van der Waals surface area (Å²) < 4.78 is 13.1. The lowest BCUT2D eigenvalue weighted by Crippen LogP contribution is -2.26. The highest BCUT2D eigenvalue weighted by atomic mass is 35.5. The van der Waals surface area contributed by atoms with Crippen molar-refractivity contribution >= 4 is 17.5 Å². The number of pyridine rings is 1. The van der Waals surface area contributed by atoms with E-state index >= 15 is 0 Å². The van der Waals surface area contributed by atoms with Gasteiger partial charge in [0, 0.05) is 6.54 Å². The van der Waals surface area contributed by atoms with Gasteiger partial charge in [0.15, 0.2) is 11.5 Å². The van der Waals surface area contributed by atoms with Crippen LogP contribution in [0.4, 0.5) is 4.39 Å². The molecule has 1 heterocycles. The Morgan fingerprint density at radius 1 is 1.64 bits per heavy atom. The van der Waals surface area contributed by atoms with E-state index in [2.05, 4.69) is 10.3 Å². The first-order valence-corrected chi connectivity index (χ1v) is 4.63. The molecular formula is C9H10ClFN2O. The zero-order valence-electron chi connectivity index (χ0n) is 7.68. The van der Waals surface area contributed by atoms with E-state index < -0.39 is 11.7 Å². The van der Waals surface area contributed by atoms with Gasteiger partial charge in [0.05, 0.1) is 0 Å². The Balaban J connectivity index is 2.83. The molecule has 0 aliphatic rings. The number of nitrogens with zero attached hydrogens (tertiary/aromatic N) is 1. The molecule has 0 aliphatic heterocycles. The quantitative estimate of drug-likeness (QED) is 0.786. The smallest absolute Gasteiger partial charge is 0.272 e. The van der Waals surface area contributed by atoms with Gasteiger partial charge in [0.1, 0.15) is 5.15 Å². The summed E-state index contributed by atoms with van der Waals surface area (Å²) in [5, 5.41) is 2.62. The Labute approximate surface area is 86.3 Å². The molecule has 0 atom stereocenters. The first-order valence-electron chi connectivity index (χ1n) is 4.25. The largest absolute Gasteiger partial charge is 0.351 e. The first-order chi connectivity index (χ1) is 6.65. The number of carbonyl (C=O) groups excluding carboxylic acids is 1. The van der Waals surface area contributed by atoms with Crippen LogP contribution in [0.15, 0.2) is 12.1 Å². The van der Waals surface area contributed by atoms with Crippen molar-refractivity contribution in [2.75, 3.05) is 6.54 Å². The minimum atomic E-state index is -0.664. The number of halogens is 2. The summed E-state index contributed by atoms with van der Waals surface area (Å²) >= 11 is 5.54. The lowest BCUT2D eigenvalue weighted by molar-refractivity contribution is 0.0944. The number of carbonyl (C=O) groups is 1. The average Bonchev–Trinajstić information content (AvgIpc) is 2.18. The predicted molar refractivity (Wildman–Crippen MR) is 51.8 cm³/mol. The molecule has 0 fully saturated rings. The minimum absolute atomic E-state index is 0.105. The molecule has 0 radical (unpaired) electrons. The topological polar surface area (TPSA) is 42.0 Å². The second-order valence-corrected chi connectivity index (χ2v) is 3.11. The van der Waals surface area contributed by atoms with E-state index in [4.69, 9.17) is 11.6 Å². The highest BCUT2D eigenvalue weighted by Crippen LogP contribution is 2.09. The van der Waals surface area contributed by atoms with Gasteiger partial charge in [-0.1, -0.05) is 18.5 Å². The molecular weight excluding hydrogens is 207 g/mol. The van der Waals surface area contributed by atoms with E-state index in [0.29, 0.717) is 6.54 Å². The van der Waals surface area contributed by atoms with E-state index in [1.807, 2.05) is 6.92 Å². The fraction of sp³-hybridized carbons (Fsp3) is 0.333. The molecule has 1 rings (SSSR count). The van der Waals surface area contributed by atoms with E-state index in [1.54, 1.807) is 0 Å². The van der Waals surface area contributed by atoms with Gasteiger partial charge < -0.3 is 5.32 Å². The maximum atomic E-state index is 13.1. The van der Waals surface area contributed by atoms with Crippen LogP contribution in [0.3, 0.4) is 0 Å². The van der Waals surface area contributed by atoms with Gasteiger partial charge in [-0.15, -0.1) is 0 Å². The Morgan fingerprint density at radius 3 is 3.00 bits per heavy atom. The van der Waals surface area contributed by atoms with Crippen LogP contribution in [0.5, 0.6) is 0 Å². The number of aromatic nitrogens is 1. The van der Waals surface area contributed by atoms with Crippen molar-refractivity contribution in [3.63, 3.8) is 0 Å². The van der Waals surface area contributed by atoms with Gasteiger partial charge in [0.2, 0.25) is 0 Å². The molecule has 1 N–H and O–H groups in total. The second-order valence-electron chi connectivity index (χ2n) is 2.72. The van der Waals surface area contributed by atoms with Crippen molar-refractivity contribution in [3.05, 3.63) is 28.8 Å².